The Morgan fingerprint density at radius 3 is 2.86 bits per heavy atom. The number of carbonyl (C=O) groups is 1. The van der Waals surface area contributed by atoms with E-state index in [1.807, 2.05) is 4.57 Å². The second-order valence-corrected chi connectivity index (χ2v) is 8.28. The number of piperidine rings is 1. The number of fused-ring (bicyclic) bond motifs is 2. The van der Waals surface area contributed by atoms with E-state index < -0.39 is 0 Å². The van der Waals surface area contributed by atoms with Gasteiger partial charge < -0.3 is 10.2 Å². The zero-order valence-corrected chi connectivity index (χ0v) is 16.8. The lowest BCUT2D eigenvalue weighted by Gasteiger charge is -2.29. The van der Waals surface area contributed by atoms with Crippen LogP contribution in [0.2, 0.25) is 0 Å². The minimum atomic E-state index is -0.0531. The van der Waals surface area contributed by atoms with E-state index in [1.54, 1.807) is 23.1 Å². The first kappa shape index (κ1) is 19.1. The summed E-state index contributed by atoms with van der Waals surface area (Å²) < 4.78 is 1.82. The third-order valence-corrected chi connectivity index (χ3v) is 6.21. The van der Waals surface area contributed by atoms with Gasteiger partial charge in [-0.25, -0.2) is 4.98 Å². The maximum atomic E-state index is 12.8. The normalized spacial score (nSPS) is 22.5. The molecule has 1 aromatic heterocycles. The molecule has 28 heavy (non-hydrogen) atoms. The molecular formula is C22H31N4O2+. The van der Waals surface area contributed by atoms with Crippen LogP contribution in [0, 0.1) is 0 Å². The molecular weight excluding hydrogens is 352 g/mol. The van der Waals surface area contributed by atoms with Crippen LogP contribution in [0.4, 0.5) is 0 Å². The fourth-order valence-corrected chi connectivity index (χ4v) is 4.60. The van der Waals surface area contributed by atoms with E-state index in [1.165, 1.54) is 13.0 Å². The Bertz CT molecular complexity index is 913. The first-order chi connectivity index (χ1) is 13.7. The molecule has 1 fully saturated rings. The van der Waals surface area contributed by atoms with Crippen molar-refractivity contribution in [2.45, 2.75) is 64.5 Å². The number of nitrogens with one attached hydrogen (secondary N) is 2. The van der Waals surface area contributed by atoms with Crippen molar-refractivity contribution in [3.05, 3.63) is 39.9 Å². The van der Waals surface area contributed by atoms with Gasteiger partial charge in [-0.3, -0.25) is 14.2 Å². The predicted octanol–water partition coefficient (Wildman–Crippen LogP) is 1.31. The third-order valence-electron chi connectivity index (χ3n) is 6.21. The summed E-state index contributed by atoms with van der Waals surface area (Å²) in [6.45, 7) is 6.44. The largest absolute Gasteiger partial charge is 0.349 e. The third kappa shape index (κ3) is 3.97. The first-order valence-corrected chi connectivity index (χ1v) is 10.8. The second kappa shape index (κ2) is 8.43. The second-order valence-electron chi connectivity index (χ2n) is 8.28. The highest BCUT2D eigenvalue weighted by Gasteiger charge is 2.23. The highest BCUT2D eigenvalue weighted by atomic mass is 16.1. The molecule has 0 atom stereocenters. The summed E-state index contributed by atoms with van der Waals surface area (Å²) >= 11 is 0. The Balaban J connectivity index is 1.51. The Hall–Kier alpha value is -2.21. The maximum absolute atomic E-state index is 12.8. The van der Waals surface area contributed by atoms with Gasteiger partial charge in [-0.1, -0.05) is 13.3 Å². The molecule has 3 heterocycles. The molecule has 1 amide bonds. The summed E-state index contributed by atoms with van der Waals surface area (Å²) in [5.41, 5.74) is 1.27. The molecule has 150 valence electrons. The van der Waals surface area contributed by atoms with Crippen molar-refractivity contribution in [1.82, 2.24) is 14.9 Å². The molecule has 2 aliphatic rings. The molecule has 2 aromatic rings. The van der Waals surface area contributed by atoms with Gasteiger partial charge in [0.25, 0.3) is 11.5 Å². The highest BCUT2D eigenvalue weighted by molar-refractivity contribution is 5.97. The van der Waals surface area contributed by atoms with Crippen LogP contribution in [0.3, 0.4) is 0 Å². The SMILES string of the molecule is CCC[NH+]1CCC(NC(=O)c2ccc3c(=O)n4c(nc3c2)CCCCC4)CC1. The van der Waals surface area contributed by atoms with Crippen LogP contribution in [0.15, 0.2) is 23.0 Å². The van der Waals surface area contributed by atoms with Crippen molar-refractivity contribution in [1.29, 1.82) is 0 Å². The fourth-order valence-electron chi connectivity index (χ4n) is 4.60. The van der Waals surface area contributed by atoms with Crippen molar-refractivity contribution in [3.8, 4) is 0 Å². The summed E-state index contributed by atoms with van der Waals surface area (Å²) in [4.78, 5) is 32.0. The molecule has 2 aliphatic heterocycles. The number of aromatic nitrogens is 2. The monoisotopic (exact) mass is 383 g/mol. The lowest BCUT2D eigenvalue weighted by molar-refractivity contribution is -0.905. The van der Waals surface area contributed by atoms with Gasteiger partial charge in [0.05, 0.1) is 30.5 Å². The quantitative estimate of drug-likeness (QED) is 0.837. The molecule has 0 bridgehead atoms. The number of hydrogen-bond acceptors (Lipinski definition) is 3. The number of nitrogens with zero attached hydrogens (tertiary/aromatic N) is 2. The number of quaternary nitrogens is 1. The highest BCUT2D eigenvalue weighted by Crippen LogP contribution is 2.16. The minimum absolute atomic E-state index is 0.0279. The minimum Gasteiger partial charge on any atom is -0.349 e. The number of aryl methyl sites for hydroxylation is 1. The number of likely N-dealkylation sites (tertiary alicyclic amines) is 1. The molecule has 0 unspecified atom stereocenters. The molecule has 0 spiro atoms. The Morgan fingerprint density at radius 2 is 2.07 bits per heavy atom. The molecule has 2 N–H and O–H groups in total. The molecule has 1 aromatic carbocycles. The summed E-state index contributed by atoms with van der Waals surface area (Å²) in [5.74, 6) is 0.807. The molecule has 0 radical (unpaired) electrons. The molecule has 0 aliphatic carbocycles. The number of benzene rings is 1. The van der Waals surface area contributed by atoms with Crippen LogP contribution >= 0.6 is 0 Å². The number of carbonyl (C=O) groups excluding carboxylic acids is 1. The van der Waals surface area contributed by atoms with Crippen LogP contribution in [0.25, 0.3) is 10.9 Å². The zero-order chi connectivity index (χ0) is 19.5. The van der Waals surface area contributed by atoms with Gasteiger partial charge in [0.15, 0.2) is 0 Å². The van der Waals surface area contributed by atoms with Gasteiger partial charge in [-0.15, -0.1) is 0 Å². The summed E-state index contributed by atoms with van der Waals surface area (Å²) in [6.07, 6.45) is 7.33. The average molecular weight is 384 g/mol. The molecule has 6 heteroatoms. The van der Waals surface area contributed by atoms with Gasteiger partial charge in [-0.05, 0) is 37.5 Å². The summed E-state index contributed by atoms with van der Waals surface area (Å²) in [7, 11) is 0. The summed E-state index contributed by atoms with van der Waals surface area (Å²) in [6, 6.07) is 5.57. The van der Waals surface area contributed by atoms with Crippen LogP contribution in [-0.2, 0) is 13.0 Å². The standard InChI is InChI=1S/C22H30N4O2/c1-2-11-25-13-9-17(10-14-25)23-21(27)16-7-8-18-19(15-16)24-20-6-4-3-5-12-26(20)22(18)28/h7-8,15,17H,2-6,9-14H2,1H3,(H,23,27)/p+1. The molecule has 0 saturated carbocycles. The van der Waals surface area contributed by atoms with Gasteiger partial charge >= 0.3 is 0 Å². The van der Waals surface area contributed by atoms with Crippen molar-refractivity contribution >= 4 is 16.8 Å². The Morgan fingerprint density at radius 1 is 1.25 bits per heavy atom. The maximum Gasteiger partial charge on any atom is 0.261 e. The van der Waals surface area contributed by atoms with Crippen LogP contribution in [0.5, 0.6) is 0 Å². The van der Waals surface area contributed by atoms with E-state index in [2.05, 4.69) is 12.2 Å². The lowest BCUT2D eigenvalue weighted by atomic mass is 10.0. The predicted molar refractivity (Wildman–Crippen MR) is 110 cm³/mol. The summed E-state index contributed by atoms with van der Waals surface area (Å²) in [5, 5.41) is 3.80. The zero-order valence-electron chi connectivity index (χ0n) is 16.8. The van der Waals surface area contributed by atoms with Gasteiger partial charge in [0.2, 0.25) is 0 Å². The molecule has 1 saturated heterocycles. The fraction of sp³-hybridized carbons (Fsp3) is 0.591. The van der Waals surface area contributed by atoms with Crippen molar-refractivity contribution in [2.24, 2.45) is 0 Å². The number of rotatable bonds is 4. The van der Waals surface area contributed by atoms with E-state index >= 15 is 0 Å². The van der Waals surface area contributed by atoms with Crippen molar-refractivity contribution in [3.63, 3.8) is 0 Å². The topological polar surface area (TPSA) is 68.4 Å². The first-order valence-electron chi connectivity index (χ1n) is 10.8. The van der Waals surface area contributed by atoms with E-state index in [0.717, 1.165) is 64.0 Å². The van der Waals surface area contributed by atoms with E-state index in [-0.39, 0.29) is 17.5 Å². The van der Waals surface area contributed by atoms with Crippen LogP contribution in [0.1, 0.15) is 61.6 Å². The smallest absolute Gasteiger partial charge is 0.261 e. The number of hydrogen-bond donors (Lipinski definition) is 2. The van der Waals surface area contributed by atoms with Gasteiger partial charge in [0.1, 0.15) is 5.82 Å². The molecule has 6 nitrogen and oxygen atoms in total. The van der Waals surface area contributed by atoms with Crippen molar-refractivity contribution < 1.29 is 9.69 Å². The van der Waals surface area contributed by atoms with Crippen LogP contribution < -0.4 is 15.8 Å². The Labute approximate surface area is 165 Å². The van der Waals surface area contributed by atoms with E-state index in [9.17, 15) is 9.59 Å². The van der Waals surface area contributed by atoms with Crippen LogP contribution in [-0.4, -0.2) is 41.1 Å². The average Bonchev–Trinajstić information content (AvgIpc) is 2.95. The van der Waals surface area contributed by atoms with Crippen molar-refractivity contribution in [2.75, 3.05) is 19.6 Å². The van der Waals surface area contributed by atoms with E-state index in [0.29, 0.717) is 16.5 Å². The molecule has 4 rings (SSSR count). The van der Waals surface area contributed by atoms with E-state index in [4.69, 9.17) is 4.98 Å². The van der Waals surface area contributed by atoms with Gasteiger partial charge in [-0.2, -0.15) is 0 Å². The van der Waals surface area contributed by atoms with Gasteiger partial charge in [0, 0.05) is 37.4 Å². The number of amides is 1. The Kier molecular flexibility index (Phi) is 5.76. The lowest BCUT2D eigenvalue weighted by Crippen LogP contribution is -3.13.